The Bertz CT molecular complexity index is 1640. The van der Waals surface area contributed by atoms with E-state index in [0.717, 1.165) is 45.3 Å². The number of aromatic nitrogens is 2. The maximum atomic E-state index is 13.0. The fourth-order valence-corrected chi connectivity index (χ4v) is 5.86. The van der Waals surface area contributed by atoms with Gasteiger partial charge in [-0.1, -0.05) is 87.0 Å². The van der Waals surface area contributed by atoms with Crippen molar-refractivity contribution in [2.45, 2.75) is 46.3 Å². The van der Waals surface area contributed by atoms with Gasteiger partial charge in [-0.15, -0.1) is 11.3 Å². The quantitative estimate of drug-likeness (QED) is 0.174. The average Bonchev–Trinajstić information content (AvgIpc) is 3.56. The van der Waals surface area contributed by atoms with Crippen LogP contribution in [0.5, 0.6) is 0 Å². The van der Waals surface area contributed by atoms with Crippen molar-refractivity contribution in [1.82, 2.24) is 14.3 Å². The minimum atomic E-state index is -0.333. The zero-order chi connectivity index (χ0) is 29.5. The number of anilines is 1. The van der Waals surface area contributed by atoms with E-state index in [1.165, 1.54) is 16.9 Å². The van der Waals surface area contributed by atoms with Gasteiger partial charge >= 0.3 is 0 Å². The number of rotatable bonds is 11. The summed E-state index contributed by atoms with van der Waals surface area (Å²) in [6.45, 7) is 14.4. The van der Waals surface area contributed by atoms with Crippen LogP contribution in [0, 0.1) is 0 Å². The van der Waals surface area contributed by atoms with Gasteiger partial charge in [-0.25, -0.2) is 4.98 Å². The summed E-state index contributed by atoms with van der Waals surface area (Å²) in [6, 6.07) is 16.0. The number of thiazole rings is 1. The maximum Gasteiger partial charge on any atom is 0.253 e. The van der Waals surface area contributed by atoms with Gasteiger partial charge in [0.1, 0.15) is 0 Å². The van der Waals surface area contributed by atoms with E-state index >= 15 is 0 Å². The first-order chi connectivity index (χ1) is 19.6. The number of para-hydroxylation sites is 1. The lowest BCUT2D eigenvalue weighted by Gasteiger charge is -2.08. The molecule has 0 bridgehead atoms. The highest BCUT2D eigenvalue weighted by Crippen LogP contribution is 2.29. The zero-order valence-electron chi connectivity index (χ0n) is 24.2. The van der Waals surface area contributed by atoms with Crippen LogP contribution >= 0.6 is 23.3 Å². The lowest BCUT2D eigenvalue weighted by atomic mass is 9.98. The third-order valence-corrected chi connectivity index (χ3v) is 7.97. The number of hydrogen-bond donors (Lipinski definition) is 2. The Morgan fingerprint density at radius 1 is 1.12 bits per heavy atom. The van der Waals surface area contributed by atoms with Crippen LogP contribution in [-0.2, 0) is 4.79 Å². The van der Waals surface area contributed by atoms with E-state index in [1.807, 2.05) is 58.9 Å². The Balaban J connectivity index is 1.43. The van der Waals surface area contributed by atoms with E-state index in [4.69, 9.17) is 0 Å². The molecule has 0 spiro atoms. The highest BCUT2D eigenvalue weighted by molar-refractivity contribution is 7.98. The van der Waals surface area contributed by atoms with Crippen molar-refractivity contribution in [1.29, 1.82) is 0 Å². The van der Waals surface area contributed by atoms with Crippen molar-refractivity contribution in [3.63, 3.8) is 0 Å². The van der Waals surface area contributed by atoms with Crippen molar-refractivity contribution in [3.05, 3.63) is 101 Å². The number of allylic oxidation sites excluding steroid dienone is 5. The number of amides is 2. The van der Waals surface area contributed by atoms with Crippen molar-refractivity contribution in [2.24, 2.45) is 0 Å². The molecule has 4 aromatic rings. The lowest BCUT2D eigenvalue weighted by molar-refractivity contribution is -0.115. The van der Waals surface area contributed by atoms with Gasteiger partial charge in [0.05, 0.1) is 23.3 Å². The van der Waals surface area contributed by atoms with Crippen LogP contribution in [-0.4, -0.2) is 32.6 Å². The summed E-state index contributed by atoms with van der Waals surface area (Å²) in [4.78, 5) is 30.3. The first kappa shape index (κ1) is 30.1. The van der Waals surface area contributed by atoms with Crippen LogP contribution in [0.1, 0.15) is 57.0 Å². The molecule has 0 aliphatic carbocycles. The molecule has 2 amide bonds. The Kier molecular flexibility index (Phi) is 10.0. The molecule has 0 fully saturated rings. The topological polar surface area (TPSA) is 76.0 Å². The summed E-state index contributed by atoms with van der Waals surface area (Å²) in [5.41, 5.74) is 7.69. The molecule has 2 aromatic carbocycles. The van der Waals surface area contributed by atoms with Gasteiger partial charge in [0.15, 0.2) is 5.13 Å². The van der Waals surface area contributed by atoms with Gasteiger partial charge in [0.25, 0.3) is 5.91 Å². The molecule has 0 saturated heterocycles. The summed E-state index contributed by atoms with van der Waals surface area (Å²) in [5, 5.41) is 9.18. The molecule has 0 saturated carbocycles. The van der Waals surface area contributed by atoms with Gasteiger partial charge < -0.3 is 10.6 Å². The molecule has 0 unspecified atom stereocenters. The van der Waals surface area contributed by atoms with Crippen LogP contribution < -0.4 is 10.6 Å². The standard InChI is InChI=1S/C33H36N4O2S2/c1-7-23(6)16-26(15-21(2)3)24-11-10-12-25(17-24)29-20-40-33(35-29)36-31(38)18-34-32(39)28-19-37(41-22(4)5)30-14-9-8-13-27(28)30/h8-17,19-20,22H,2,7,18H2,1,3-6H3,(H,34,39)(H,35,36,38)/b23-16-,26-15+. The molecular weight excluding hydrogens is 549 g/mol. The lowest BCUT2D eigenvalue weighted by Crippen LogP contribution is -2.32. The van der Waals surface area contributed by atoms with Crippen LogP contribution in [0.2, 0.25) is 0 Å². The van der Waals surface area contributed by atoms with E-state index in [1.54, 1.807) is 11.9 Å². The van der Waals surface area contributed by atoms with Gasteiger partial charge in [-0.3, -0.25) is 13.6 Å². The number of benzene rings is 2. The molecule has 0 radical (unpaired) electrons. The van der Waals surface area contributed by atoms with Crippen LogP contribution in [0.4, 0.5) is 5.13 Å². The molecule has 6 nitrogen and oxygen atoms in total. The number of nitrogens with zero attached hydrogens (tertiary/aromatic N) is 2. The van der Waals surface area contributed by atoms with Gasteiger partial charge in [0, 0.05) is 27.8 Å². The van der Waals surface area contributed by atoms with Crippen molar-refractivity contribution < 1.29 is 9.59 Å². The number of nitrogens with one attached hydrogen (secondary N) is 2. The summed E-state index contributed by atoms with van der Waals surface area (Å²) in [5.74, 6) is -0.623. The van der Waals surface area contributed by atoms with Crippen molar-refractivity contribution in [3.8, 4) is 11.3 Å². The molecule has 0 aliphatic heterocycles. The molecule has 0 atom stereocenters. The molecule has 0 aliphatic rings. The third kappa shape index (κ3) is 7.86. The highest BCUT2D eigenvalue weighted by atomic mass is 32.2. The Hall–Kier alpha value is -3.88. The van der Waals surface area contributed by atoms with Crippen LogP contribution in [0.15, 0.2) is 90.0 Å². The van der Waals surface area contributed by atoms with Gasteiger partial charge in [-0.2, -0.15) is 0 Å². The largest absolute Gasteiger partial charge is 0.343 e. The Morgan fingerprint density at radius 2 is 1.90 bits per heavy atom. The Morgan fingerprint density at radius 3 is 2.63 bits per heavy atom. The molecule has 2 aromatic heterocycles. The summed E-state index contributed by atoms with van der Waals surface area (Å²) in [6.07, 6.45) is 7.08. The van der Waals surface area contributed by atoms with Crippen molar-refractivity contribution >= 4 is 56.7 Å². The van der Waals surface area contributed by atoms with Gasteiger partial charge in [0.2, 0.25) is 5.91 Å². The van der Waals surface area contributed by atoms with E-state index in [0.29, 0.717) is 15.9 Å². The third-order valence-electron chi connectivity index (χ3n) is 6.26. The molecule has 212 valence electrons. The van der Waals surface area contributed by atoms with E-state index < -0.39 is 0 Å². The van der Waals surface area contributed by atoms with Gasteiger partial charge in [-0.05, 0) is 55.5 Å². The highest BCUT2D eigenvalue weighted by Gasteiger charge is 2.17. The van der Waals surface area contributed by atoms with E-state index in [9.17, 15) is 9.59 Å². The minimum absolute atomic E-state index is 0.155. The number of fused-ring (bicyclic) bond motifs is 1. The first-order valence-corrected chi connectivity index (χ1v) is 15.3. The second kappa shape index (κ2) is 13.7. The molecule has 4 rings (SSSR count). The summed E-state index contributed by atoms with van der Waals surface area (Å²) >= 11 is 2.99. The molecule has 2 heterocycles. The second-order valence-corrected chi connectivity index (χ2v) is 12.6. The van der Waals surface area contributed by atoms with Crippen molar-refractivity contribution in [2.75, 3.05) is 11.9 Å². The van der Waals surface area contributed by atoms with Crippen LogP contribution in [0.25, 0.3) is 27.7 Å². The first-order valence-electron chi connectivity index (χ1n) is 13.6. The summed E-state index contributed by atoms with van der Waals surface area (Å²) < 4.78 is 2.01. The smallest absolute Gasteiger partial charge is 0.253 e. The average molecular weight is 585 g/mol. The number of hydrogen-bond acceptors (Lipinski definition) is 5. The fraction of sp³-hybridized carbons (Fsp3) is 0.242. The maximum absolute atomic E-state index is 13.0. The summed E-state index contributed by atoms with van der Waals surface area (Å²) in [7, 11) is 0. The predicted octanol–water partition coefficient (Wildman–Crippen LogP) is 8.35. The monoisotopic (exact) mass is 584 g/mol. The number of carbonyl (C=O) groups excluding carboxylic acids is 2. The van der Waals surface area contributed by atoms with Crippen LogP contribution in [0.3, 0.4) is 0 Å². The SMILES string of the molecule is C=C(C)/C=C(\C=C(\C)CC)c1cccc(-c2csc(NC(=O)CNC(=O)c3cn(SC(C)C)c4ccccc34)n2)c1. The predicted molar refractivity (Wildman–Crippen MR) is 175 cm³/mol. The minimum Gasteiger partial charge on any atom is -0.343 e. The molecular formula is C33H36N4O2S2. The normalized spacial score (nSPS) is 12.1. The molecule has 8 heteroatoms. The molecule has 2 N–H and O–H groups in total. The second-order valence-electron chi connectivity index (χ2n) is 10.2. The van der Waals surface area contributed by atoms with E-state index in [-0.39, 0.29) is 18.4 Å². The Labute approximate surface area is 250 Å². The number of carbonyl (C=O) groups is 2. The molecule has 41 heavy (non-hydrogen) atoms. The fourth-order valence-electron chi connectivity index (χ4n) is 4.23. The zero-order valence-corrected chi connectivity index (χ0v) is 25.8. The van der Waals surface area contributed by atoms with E-state index in [2.05, 4.69) is 74.2 Å².